The van der Waals surface area contributed by atoms with Gasteiger partial charge in [0.25, 0.3) is 0 Å². The van der Waals surface area contributed by atoms with Crippen molar-refractivity contribution < 1.29 is 73.8 Å². The quantitative estimate of drug-likeness (QED) is 0.459. The molecule has 1 rings (SSSR count). The number of halogens is 3. The Morgan fingerprint density at radius 3 is 2.53 bits per heavy atom. The second-order valence-electron chi connectivity index (χ2n) is 2.58. The number of hydrogen-bond donors (Lipinski definition) is 0. The Hall–Kier alpha value is 0.401. The maximum Gasteiger partial charge on any atom is 1.00 e. The van der Waals surface area contributed by atoms with Gasteiger partial charge >= 0.3 is 58.4 Å². The van der Waals surface area contributed by atoms with Gasteiger partial charge in [0.2, 0.25) is 0 Å². The van der Waals surface area contributed by atoms with E-state index in [1.54, 1.807) is 0 Å². The van der Waals surface area contributed by atoms with Gasteiger partial charge in [-0.25, -0.2) is 0 Å². The van der Waals surface area contributed by atoms with Gasteiger partial charge in [-0.3, -0.25) is 4.98 Å². The minimum Gasteiger partial charge on any atom is -0.466 e. The van der Waals surface area contributed by atoms with Crippen molar-refractivity contribution in [2.24, 2.45) is 0 Å². The van der Waals surface area contributed by atoms with E-state index < -0.39 is 12.4 Å². The first-order chi connectivity index (χ1) is 6.54. The largest absolute Gasteiger partial charge is 1.00 e. The Balaban J connectivity index is 0.00000196. The van der Waals surface area contributed by atoms with Crippen molar-refractivity contribution in [1.82, 2.24) is 4.98 Å². The van der Waals surface area contributed by atoms with E-state index in [0.717, 1.165) is 12.3 Å². The van der Waals surface area contributed by atoms with Crippen LogP contribution < -0.4 is 61.6 Å². The van der Waals surface area contributed by atoms with Crippen molar-refractivity contribution in [2.75, 3.05) is 13.9 Å². The molecule has 0 saturated carbocycles. The molecular formula is C7H8BF3KNO2. The third kappa shape index (κ3) is 5.32. The SMILES string of the molecule is COCOc1cncc([B-](F)(F)F)c1.[K+]. The van der Waals surface area contributed by atoms with Crippen LogP contribution in [0.4, 0.5) is 12.9 Å². The number of pyridine rings is 1. The zero-order valence-corrected chi connectivity index (χ0v) is 11.5. The summed E-state index contributed by atoms with van der Waals surface area (Å²) < 4.78 is 46.0. The number of hydrogen-bond acceptors (Lipinski definition) is 3. The molecule has 0 bridgehead atoms. The molecule has 1 aromatic rings. The van der Waals surface area contributed by atoms with Crippen molar-refractivity contribution in [3.8, 4) is 5.75 Å². The van der Waals surface area contributed by atoms with Crippen LogP contribution in [0.25, 0.3) is 0 Å². The fraction of sp³-hybridized carbons (Fsp3) is 0.286. The van der Waals surface area contributed by atoms with E-state index in [-0.39, 0.29) is 63.9 Å². The molecule has 0 atom stereocenters. The van der Waals surface area contributed by atoms with Crippen molar-refractivity contribution in [1.29, 1.82) is 0 Å². The van der Waals surface area contributed by atoms with Gasteiger partial charge in [0, 0.05) is 13.3 Å². The minimum absolute atomic E-state index is 0. The van der Waals surface area contributed by atoms with Crippen molar-refractivity contribution in [3.63, 3.8) is 0 Å². The summed E-state index contributed by atoms with van der Waals surface area (Å²) in [7, 11) is 1.38. The molecule has 1 heterocycles. The van der Waals surface area contributed by atoms with Crippen LogP contribution in [0, 0.1) is 0 Å². The van der Waals surface area contributed by atoms with Crippen molar-refractivity contribution in [3.05, 3.63) is 18.5 Å². The zero-order chi connectivity index (χ0) is 10.6. The maximum absolute atomic E-state index is 12.2. The molecule has 0 radical (unpaired) electrons. The predicted octanol–water partition coefficient (Wildman–Crippen LogP) is -1.88. The van der Waals surface area contributed by atoms with E-state index in [1.807, 2.05) is 0 Å². The van der Waals surface area contributed by atoms with Gasteiger partial charge in [-0.2, -0.15) is 0 Å². The summed E-state index contributed by atoms with van der Waals surface area (Å²) in [5.41, 5.74) is -0.779. The van der Waals surface area contributed by atoms with Crippen LogP contribution in [0.1, 0.15) is 0 Å². The molecule has 0 aliphatic carbocycles. The van der Waals surface area contributed by atoms with E-state index >= 15 is 0 Å². The first-order valence-electron chi connectivity index (χ1n) is 3.80. The van der Waals surface area contributed by atoms with E-state index in [4.69, 9.17) is 4.74 Å². The van der Waals surface area contributed by atoms with Crippen LogP contribution in [0.5, 0.6) is 5.75 Å². The Morgan fingerprint density at radius 1 is 1.33 bits per heavy atom. The second kappa shape index (κ2) is 6.87. The molecule has 0 unspecified atom stereocenters. The van der Waals surface area contributed by atoms with E-state index in [1.165, 1.54) is 13.3 Å². The van der Waals surface area contributed by atoms with Gasteiger partial charge in [-0.15, -0.1) is 0 Å². The Labute approximate surface area is 128 Å². The molecule has 1 aromatic heterocycles. The number of rotatable bonds is 4. The minimum atomic E-state index is -5.03. The molecule has 0 fully saturated rings. The topological polar surface area (TPSA) is 31.4 Å². The number of nitrogens with zero attached hydrogens (tertiary/aromatic N) is 1. The average Bonchev–Trinajstić information content (AvgIpc) is 2.14. The van der Waals surface area contributed by atoms with E-state index in [0.29, 0.717) is 0 Å². The molecular weight excluding hydrogens is 237 g/mol. The van der Waals surface area contributed by atoms with Gasteiger partial charge in [0.15, 0.2) is 6.79 Å². The molecule has 15 heavy (non-hydrogen) atoms. The van der Waals surface area contributed by atoms with Gasteiger partial charge in [-0.05, 0) is 6.07 Å². The summed E-state index contributed by atoms with van der Waals surface area (Å²) in [6, 6.07) is 0.895. The third-order valence-electron chi connectivity index (χ3n) is 1.46. The molecule has 0 aliphatic rings. The smallest absolute Gasteiger partial charge is 0.466 e. The van der Waals surface area contributed by atoms with Crippen LogP contribution in [-0.2, 0) is 4.74 Å². The Kier molecular flexibility index (Phi) is 7.06. The average molecular weight is 245 g/mol. The summed E-state index contributed by atoms with van der Waals surface area (Å²) in [4.78, 5) is 3.42. The van der Waals surface area contributed by atoms with Gasteiger partial charge in [0.1, 0.15) is 5.75 Å². The number of methoxy groups -OCH3 is 1. The standard InChI is InChI=1S/C7H8BF3NO2.K/c1-13-5-14-7-2-6(3-12-4-7)8(9,10)11;/h2-4H,5H2,1H3;/q-1;+1. The summed E-state index contributed by atoms with van der Waals surface area (Å²) in [5.74, 6) is 0.0450. The monoisotopic (exact) mass is 245 g/mol. The summed E-state index contributed by atoms with van der Waals surface area (Å²) >= 11 is 0. The number of ether oxygens (including phenoxy) is 2. The van der Waals surface area contributed by atoms with Crippen LogP contribution in [0.3, 0.4) is 0 Å². The molecule has 3 nitrogen and oxygen atoms in total. The van der Waals surface area contributed by atoms with Crippen LogP contribution in [0.15, 0.2) is 18.5 Å². The van der Waals surface area contributed by atoms with Crippen LogP contribution in [-0.4, -0.2) is 25.9 Å². The fourth-order valence-corrected chi connectivity index (χ4v) is 0.821. The van der Waals surface area contributed by atoms with Gasteiger partial charge in [0.05, 0.1) is 6.20 Å². The summed E-state index contributed by atoms with van der Waals surface area (Å²) in [6.07, 6.45) is 1.96. The molecule has 0 saturated heterocycles. The molecule has 8 heteroatoms. The van der Waals surface area contributed by atoms with Crippen LogP contribution >= 0.6 is 0 Å². The first-order valence-corrected chi connectivity index (χ1v) is 3.80. The zero-order valence-electron chi connectivity index (χ0n) is 8.41. The van der Waals surface area contributed by atoms with Gasteiger partial charge < -0.3 is 22.4 Å². The fourth-order valence-electron chi connectivity index (χ4n) is 0.821. The second-order valence-corrected chi connectivity index (χ2v) is 2.58. The van der Waals surface area contributed by atoms with Crippen molar-refractivity contribution in [2.45, 2.75) is 0 Å². The number of aromatic nitrogens is 1. The Morgan fingerprint density at radius 2 is 2.00 bits per heavy atom. The molecule has 0 aromatic carbocycles. The third-order valence-corrected chi connectivity index (χ3v) is 1.46. The molecule has 0 amide bonds. The van der Waals surface area contributed by atoms with E-state index in [9.17, 15) is 12.9 Å². The molecule has 78 valence electrons. The maximum atomic E-state index is 12.2. The molecule has 0 N–H and O–H groups in total. The summed E-state index contributed by atoms with van der Waals surface area (Å²) in [6.45, 7) is -5.13. The normalized spacial score (nSPS) is 10.7. The van der Waals surface area contributed by atoms with Crippen molar-refractivity contribution >= 4 is 12.4 Å². The Bertz CT molecular complexity index is 311. The van der Waals surface area contributed by atoms with E-state index in [2.05, 4.69) is 9.72 Å². The molecule has 0 aliphatic heterocycles. The predicted molar refractivity (Wildman–Crippen MR) is 45.5 cm³/mol. The summed E-state index contributed by atoms with van der Waals surface area (Å²) in [5, 5.41) is 0. The van der Waals surface area contributed by atoms with Gasteiger partial charge in [-0.1, -0.05) is 5.46 Å². The van der Waals surface area contributed by atoms with Crippen LogP contribution in [0.2, 0.25) is 0 Å². The molecule has 0 spiro atoms. The first kappa shape index (κ1) is 15.4.